The number of amides is 1. The fraction of sp³-hybridized carbons (Fsp3) is 0.500. The molecule has 19 heavy (non-hydrogen) atoms. The van der Waals surface area contributed by atoms with Gasteiger partial charge in [0.1, 0.15) is 11.6 Å². The first-order valence-electron chi connectivity index (χ1n) is 6.45. The molecule has 1 aliphatic heterocycles. The lowest BCUT2D eigenvalue weighted by Gasteiger charge is -2.30. The average molecular weight is 268 g/mol. The Kier molecular flexibility index (Phi) is 4.14. The van der Waals surface area contributed by atoms with Crippen molar-refractivity contribution in [1.82, 2.24) is 10.6 Å². The zero-order chi connectivity index (χ0) is 14.0. The van der Waals surface area contributed by atoms with Gasteiger partial charge in [-0.2, -0.15) is 0 Å². The Morgan fingerprint density at radius 3 is 2.53 bits per heavy atom. The summed E-state index contributed by atoms with van der Waals surface area (Å²) in [7, 11) is 0. The maximum atomic E-state index is 13.8. The van der Waals surface area contributed by atoms with E-state index in [0.29, 0.717) is 18.7 Å². The average Bonchev–Trinajstić information content (AvgIpc) is 2.24. The Labute approximate surface area is 111 Å². The van der Waals surface area contributed by atoms with Crippen molar-refractivity contribution in [1.29, 1.82) is 0 Å². The van der Waals surface area contributed by atoms with Gasteiger partial charge in [0.25, 0.3) is 0 Å². The van der Waals surface area contributed by atoms with E-state index in [4.69, 9.17) is 0 Å². The Balaban J connectivity index is 2.17. The number of rotatable bonds is 4. The third-order valence-corrected chi connectivity index (χ3v) is 3.41. The van der Waals surface area contributed by atoms with Crippen molar-refractivity contribution < 1.29 is 13.6 Å². The van der Waals surface area contributed by atoms with Crippen LogP contribution in [0.5, 0.6) is 0 Å². The Bertz CT molecular complexity index is 473. The molecule has 104 valence electrons. The highest BCUT2D eigenvalue weighted by molar-refractivity contribution is 5.80. The fourth-order valence-electron chi connectivity index (χ4n) is 2.10. The number of benzene rings is 1. The van der Waals surface area contributed by atoms with Gasteiger partial charge in [0, 0.05) is 24.7 Å². The Morgan fingerprint density at radius 1 is 1.37 bits per heavy atom. The summed E-state index contributed by atoms with van der Waals surface area (Å²) in [5, 5.41) is 5.87. The quantitative estimate of drug-likeness (QED) is 0.877. The minimum Gasteiger partial charge on any atom is -0.349 e. The highest BCUT2D eigenvalue weighted by Crippen LogP contribution is 2.25. The smallest absolute Gasteiger partial charge is 0.226 e. The van der Waals surface area contributed by atoms with Gasteiger partial charge in [0.2, 0.25) is 5.91 Å². The molecule has 0 bridgehead atoms. The lowest BCUT2D eigenvalue weighted by Crippen LogP contribution is -2.51. The van der Waals surface area contributed by atoms with Crippen LogP contribution in [0.25, 0.3) is 0 Å². The third kappa shape index (κ3) is 3.10. The molecular weight excluding hydrogens is 250 g/mol. The van der Waals surface area contributed by atoms with Crippen molar-refractivity contribution in [3.05, 3.63) is 35.4 Å². The molecule has 1 amide bonds. The summed E-state index contributed by atoms with van der Waals surface area (Å²) in [6, 6.07) is 3.02. The number of carbonyl (C=O) groups excluding carboxylic acids is 1. The van der Waals surface area contributed by atoms with Crippen LogP contribution < -0.4 is 10.6 Å². The van der Waals surface area contributed by atoms with Crippen molar-refractivity contribution in [3.63, 3.8) is 0 Å². The summed E-state index contributed by atoms with van der Waals surface area (Å²) < 4.78 is 26.7. The molecule has 2 rings (SSSR count). The van der Waals surface area contributed by atoms with E-state index in [1.165, 1.54) is 12.1 Å². The van der Waals surface area contributed by atoms with E-state index in [-0.39, 0.29) is 17.7 Å². The zero-order valence-electron chi connectivity index (χ0n) is 11.0. The van der Waals surface area contributed by atoms with Crippen LogP contribution >= 0.6 is 0 Å². The maximum Gasteiger partial charge on any atom is 0.226 e. The third-order valence-electron chi connectivity index (χ3n) is 3.41. The highest BCUT2D eigenvalue weighted by Gasteiger charge is 2.29. The molecule has 0 saturated carbocycles. The second-order valence-corrected chi connectivity index (χ2v) is 5.25. The summed E-state index contributed by atoms with van der Waals surface area (Å²) in [6.07, 6.45) is 0. The van der Waals surface area contributed by atoms with Crippen molar-refractivity contribution in [2.45, 2.75) is 19.9 Å². The van der Waals surface area contributed by atoms with Gasteiger partial charge < -0.3 is 10.6 Å². The van der Waals surface area contributed by atoms with E-state index in [2.05, 4.69) is 10.6 Å². The molecule has 1 aromatic rings. The predicted octanol–water partition coefficient (Wildman–Crippen LogP) is 2.00. The van der Waals surface area contributed by atoms with Gasteiger partial charge in [-0.05, 0) is 12.0 Å². The topological polar surface area (TPSA) is 41.1 Å². The van der Waals surface area contributed by atoms with Gasteiger partial charge in [-0.25, -0.2) is 8.78 Å². The molecule has 1 saturated heterocycles. The van der Waals surface area contributed by atoms with E-state index in [0.717, 1.165) is 6.07 Å². The Morgan fingerprint density at radius 2 is 2.05 bits per heavy atom. The van der Waals surface area contributed by atoms with Crippen LogP contribution in [-0.2, 0) is 4.79 Å². The van der Waals surface area contributed by atoms with Crippen LogP contribution in [0.15, 0.2) is 18.2 Å². The summed E-state index contributed by atoms with van der Waals surface area (Å²) in [5.41, 5.74) is 0.331. The molecule has 0 aromatic heterocycles. The molecule has 3 nitrogen and oxygen atoms in total. The highest BCUT2D eigenvalue weighted by atomic mass is 19.1. The van der Waals surface area contributed by atoms with E-state index in [1.54, 1.807) is 0 Å². The predicted molar refractivity (Wildman–Crippen MR) is 68.4 cm³/mol. The number of hydrogen-bond acceptors (Lipinski definition) is 2. The van der Waals surface area contributed by atoms with Crippen molar-refractivity contribution in [3.8, 4) is 0 Å². The number of halogens is 2. The molecule has 5 heteroatoms. The number of hydrogen-bond donors (Lipinski definition) is 2. The first kappa shape index (κ1) is 13.9. The molecule has 1 aliphatic rings. The second-order valence-electron chi connectivity index (χ2n) is 5.25. The lowest BCUT2D eigenvalue weighted by atomic mass is 9.93. The Hall–Kier alpha value is -1.49. The van der Waals surface area contributed by atoms with Crippen LogP contribution in [0.3, 0.4) is 0 Å². The molecule has 1 aromatic carbocycles. The fourth-order valence-corrected chi connectivity index (χ4v) is 2.10. The van der Waals surface area contributed by atoms with Crippen LogP contribution in [0.2, 0.25) is 0 Å². The molecule has 0 aliphatic carbocycles. The van der Waals surface area contributed by atoms with Gasteiger partial charge in [-0.3, -0.25) is 4.79 Å². The molecule has 1 unspecified atom stereocenters. The zero-order valence-corrected chi connectivity index (χ0v) is 11.0. The molecule has 0 spiro atoms. The minimum absolute atomic E-state index is 0.0250. The SMILES string of the molecule is CC(C)C(NC(=O)C1CNC1)c1ccc(F)cc1F. The van der Waals surface area contributed by atoms with Gasteiger partial charge in [0.05, 0.1) is 12.0 Å². The van der Waals surface area contributed by atoms with Crippen molar-refractivity contribution in [2.24, 2.45) is 11.8 Å². The van der Waals surface area contributed by atoms with Crippen molar-refractivity contribution >= 4 is 5.91 Å². The minimum atomic E-state index is -0.620. The van der Waals surface area contributed by atoms with Crippen LogP contribution in [-0.4, -0.2) is 19.0 Å². The molecule has 2 N–H and O–H groups in total. The maximum absolute atomic E-state index is 13.8. The van der Waals surface area contributed by atoms with Crippen LogP contribution in [0.1, 0.15) is 25.5 Å². The number of nitrogens with one attached hydrogen (secondary N) is 2. The molecule has 1 fully saturated rings. The summed E-state index contributed by atoms with van der Waals surface area (Å²) in [5.74, 6) is -1.34. The van der Waals surface area contributed by atoms with Gasteiger partial charge in [-0.1, -0.05) is 19.9 Å². The number of carbonyl (C=O) groups is 1. The van der Waals surface area contributed by atoms with E-state index >= 15 is 0 Å². The first-order chi connectivity index (χ1) is 8.99. The normalized spacial score (nSPS) is 17.1. The van der Waals surface area contributed by atoms with Gasteiger partial charge >= 0.3 is 0 Å². The van der Waals surface area contributed by atoms with Crippen LogP contribution in [0, 0.1) is 23.5 Å². The monoisotopic (exact) mass is 268 g/mol. The largest absolute Gasteiger partial charge is 0.349 e. The lowest BCUT2D eigenvalue weighted by molar-refractivity contribution is -0.127. The van der Waals surface area contributed by atoms with Gasteiger partial charge in [0.15, 0.2) is 0 Å². The van der Waals surface area contributed by atoms with Crippen molar-refractivity contribution in [2.75, 3.05) is 13.1 Å². The molecule has 1 atom stereocenters. The van der Waals surface area contributed by atoms with E-state index < -0.39 is 17.7 Å². The van der Waals surface area contributed by atoms with Crippen LogP contribution in [0.4, 0.5) is 8.78 Å². The summed E-state index contributed by atoms with van der Waals surface area (Å²) in [4.78, 5) is 11.9. The molecule has 0 radical (unpaired) electrons. The van der Waals surface area contributed by atoms with Gasteiger partial charge in [-0.15, -0.1) is 0 Å². The summed E-state index contributed by atoms with van der Waals surface area (Å²) >= 11 is 0. The first-order valence-corrected chi connectivity index (χ1v) is 6.45. The van der Waals surface area contributed by atoms with E-state index in [1.807, 2.05) is 13.8 Å². The standard InChI is InChI=1S/C14H18F2N2O/c1-8(2)13(18-14(19)9-6-17-7-9)11-4-3-10(15)5-12(11)16/h3-5,8-9,13,17H,6-7H2,1-2H3,(H,18,19). The summed E-state index contributed by atoms with van der Waals surface area (Å²) in [6.45, 7) is 5.10. The second kappa shape index (κ2) is 5.65. The molecular formula is C14H18F2N2O. The van der Waals surface area contributed by atoms with E-state index in [9.17, 15) is 13.6 Å². The molecule has 1 heterocycles.